The van der Waals surface area contributed by atoms with E-state index in [4.69, 9.17) is 4.74 Å². The molecule has 240 valence electrons. The van der Waals surface area contributed by atoms with Crippen molar-refractivity contribution in [2.24, 2.45) is 5.92 Å². The Hall–Kier alpha value is -4.12. The zero-order chi connectivity index (χ0) is 32.8. The van der Waals surface area contributed by atoms with Crippen molar-refractivity contribution in [1.82, 2.24) is 4.90 Å². The summed E-state index contributed by atoms with van der Waals surface area (Å²) < 4.78 is 23.1. The van der Waals surface area contributed by atoms with Gasteiger partial charge in [-0.05, 0) is 61.0 Å². The maximum absolute atomic E-state index is 16.3. The number of fused-ring (bicyclic) bond motifs is 3. The van der Waals surface area contributed by atoms with Gasteiger partial charge < -0.3 is 29.1 Å². The smallest absolute Gasteiger partial charge is 0.264 e. The van der Waals surface area contributed by atoms with E-state index in [-0.39, 0.29) is 37.3 Å². The number of aliphatic hydroxyl groups excluding tert-OH is 1. The van der Waals surface area contributed by atoms with Crippen LogP contribution in [-0.2, 0) is 32.9 Å². The summed E-state index contributed by atoms with van der Waals surface area (Å²) in [6, 6.07) is 21.5. The molecule has 1 fully saturated rings. The van der Waals surface area contributed by atoms with Crippen LogP contribution in [0.25, 0.3) is 0 Å². The molecule has 3 aliphatic heterocycles. The lowest BCUT2D eigenvalue weighted by Gasteiger charge is -2.37. The number of amides is 3. The van der Waals surface area contributed by atoms with Crippen molar-refractivity contribution >= 4 is 37.5 Å². The highest BCUT2D eigenvalue weighted by Gasteiger charge is 2.67. The molecule has 0 radical (unpaired) electrons. The Balaban J connectivity index is 1.36. The zero-order valence-electron chi connectivity index (χ0n) is 26.4. The molecule has 3 aromatic rings. The Morgan fingerprint density at radius 3 is 2.48 bits per heavy atom. The number of anilines is 2. The lowest BCUT2D eigenvalue weighted by Crippen LogP contribution is -2.48. The van der Waals surface area contributed by atoms with Crippen LogP contribution >= 0.6 is 0 Å². The molecular weight excluding hydrogens is 601 g/mol. The number of nitrogens with zero attached hydrogens (tertiary/aromatic N) is 2. The monoisotopic (exact) mass is 641 g/mol. The van der Waals surface area contributed by atoms with Gasteiger partial charge in [-0.2, -0.15) is 0 Å². The third-order valence-electron chi connectivity index (χ3n) is 9.83. The molecular formula is C36H40FN3O5Si. The van der Waals surface area contributed by atoms with Crippen molar-refractivity contribution in [1.29, 1.82) is 0 Å². The Kier molecular flexibility index (Phi) is 8.47. The van der Waals surface area contributed by atoms with Gasteiger partial charge in [-0.1, -0.05) is 55.5 Å². The average molecular weight is 642 g/mol. The van der Waals surface area contributed by atoms with Gasteiger partial charge >= 0.3 is 0 Å². The Morgan fingerprint density at radius 1 is 1.11 bits per heavy atom. The van der Waals surface area contributed by atoms with Crippen LogP contribution in [0.4, 0.5) is 15.5 Å². The van der Waals surface area contributed by atoms with E-state index in [0.717, 1.165) is 11.1 Å². The molecule has 8 nitrogen and oxygen atoms in total. The molecule has 10 heteroatoms. The molecule has 3 aliphatic rings. The largest absolute Gasteiger partial charge is 0.394 e. The molecule has 2 N–H and O–H groups in total. The fraction of sp³-hybridized carbons (Fsp3) is 0.361. The van der Waals surface area contributed by atoms with E-state index >= 15 is 4.11 Å². The van der Waals surface area contributed by atoms with Gasteiger partial charge in [-0.3, -0.25) is 14.4 Å². The standard InChI is InChI=1S/C36H40FN3O5Si/c1-5-17-39-30-16-15-27(38-34(43)24-11-7-6-8-12-24)19-29(30)36(35(39)44)23(2)33(46(3,4)37)31(45-36)20-32(42)40-21-26-14-10-9-13-25(26)18-28(40)22-41/h5-16,19,23,28,31,33,41H,1,17-18,20-22H2,2-4H3,(H,38,43)/t23-,28-,31+,33-,36+/m0/s1. The molecule has 46 heavy (non-hydrogen) atoms. The third-order valence-corrected chi connectivity index (χ3v) is 12.3. The number of benzene rings is 3. The van der Waals surface area contributed by atoms with Crippen LogP contribution < -0.4 is 10.2 Å². The van der Waals surface area contributed by atoms with Crippen LogP contribution in [0, 0.1) is 5.92 Å². The predicted molar refractivity (Wildman–Crippen MR) is 178 cm³/mol. The van der Waals surface area contributed by atoms with Crippen LogP contribution in [0.1, 0.15) is 40.4 Å². The van der Waals surface area contributed by atoms with Crippen LogP contribution in [-0.4, -0.2) is 61.4 Å². The summed E-state index contributed by atoms with van der Waals surface area (Å²) >= 11 is 0. The summed E-state index contributed by atoms with van der Waals surface area (Å²) in [4.78, 5) is 44.7. The first-order chi connectivity index (χ1) is 22.0. The number of halogens is 1. The Labute approximate surface area is 270 Å². The first kappa shape index (κ1) is 31.8. The maximum atomic E-state index is 16.3. The Bertz CT molecular complexity index is 1680. The zero-order valence-corrected chi connectivity index (χ0v) is 27.4. The maximum Gasteiger partial charge on any atom is 0.264 e. The van der Waals surface area contributed by atoms with E-state index in [2.05, 4.69) is 11.9 Å². The summed E-state index contributed by atoms with van der Waals surface area (Å²) in [5, 5.41) is 13.1. The van der Waals surface area contributed by atoms with E-state index in [0.29, 0.717) is 35.5 Å². The van der Waals surface area contributed by atoms with Gasteiger partial charge in [0.2, 0.25) is 14.3 Å². The molecule has 0 aliphatic carbocycles. The SMILES string of the molecule is C=CCN1C(=O)[C@]2(O[C@H](CC(=O)N3Cc4ccccc4C[C@H]3CO)[C@@H]([Si](C)(C)F)[C@@H]2C)c2cc(NC(=O)c3ccccc3)ccc21. The van der Waals surface area contributed by atoms with Gasteiger partial charge in [0.25, 0.3) is 11.8 Å². The van der Waals surface area contributed by atoms with E-state index in [1.54, 1.807) is 71.4 Å². The molecule has 1 saturated heterocycles. The van der Waals surface area contributed by atoms with Gasteiger partial charge in [0.05, 0.1) is 30.9 Å². The minimum atomic E-state index is -3.52. The van der Waals surface area contributed by atoms with Crippen molar-refractivity contribution in [3.63, 3.8) is 0 Å². The predicted octanol–water partition coefficient (Wildman–Crippen LogP) is 5.58. The molecule has 6 rings (SSSR count). The summed E-state index contributed by atoms with van der Waals surface area (Å²) in [6.45, 7) is 9.23. The molecule has 3 aromatic carbocycles. The fourth-order valence-electron chi connectivity index (χ4n) is 7.76. The minimum Gasteiger partial charge on any atom is -0.394 e. The second-order valence-corrected chi connectivity index (χ2v) is 16.9. The topological polar surface area (TPSA) is 99.2 Å². The van der Waals surface area contributed by atoms with Gasteiger partial charge in [0.1, 0.15) is 0 Å². The third kappa shape index (κ3) is 5.38. The molecule has 5 atom stereocenters. The summed E-state index contributed by atoms with van der Waals surface area (Å²) in [7, 11) is -3.52. The van der Waals surface area contributed by atoms with E-state index in [1.165, 1.54) is 0 Å². The van der Waals surface area contributed by atoms with Crippen LogP contribution in [0.2, 0.25) is 18.6 Å². The highest BCUT2D eigenvalue weighted by atomic mass is 28.4. The van der Waals surface area contributed by atoms with Crippen LogP contribution in [0.15, 0.2) is 85.5 Å². The average Bonchev–Trinajstić information content (AvgIpc) is 3.46. The number of hydrogen-bond acceptors (Lipinski definition) is 5. The number of carbonyl (C=O) groups excluding carboxylic acids is 3. The van der Waals surface area contributed by atoms with E-state index < -0.39 is 37.6 Å². The highest BCUT2D eigenvalue weighted by molar-refractivity contribution is 6.72. The van der Waals surface area contributed by atoms with Crippen molar-refractivity contribution in [2.75, 3.05) is 23.4 Å². The van der Waals surface area contributed by atoms with Crippen LogP contribution in [0.5, 0.6) is 0 Å². The second-order valence-electron chi connectivity index (χ2n) is 13.1. The first-order valence-electron chi connectivity index (χ1n) is 15.8. The second kappa shape index (κ2) is 12.2. The van der Waals surface area contributed by atoms with E-state index in [9.17, 15) is 19.5 Å². The molecule has 3 amide bonds. The summed E-state index contributed by atoms with van der Waals surface area (Å²) in [5.74, 6) is -1.49. The number of hydrogen-bond donors (Lipinski definition) is 2. The van der Waals surface area contributed by atoms with Gasteiger partial charge in [-0.25, -0.2) is 0 Å². The van der Waals surface area contributed by atoms with Crippen molar-refractivity contribution < 1.29 is 28.3 Å². The molecule has 3 heterocycles. The number of carbonyl (C=O) groups is 3. The quantitative estimate of drug-likeness (QED) is 0.190. The van der Waals surface area contributed by atoms with Gasteiger partial charge in [0, 0.05) is 41.4 Å². The lowest BCUT2D eigenvalue weighted by molar-refractivity contribution is -0.150. The number of ether oxygens (including phenoxy) is 1. The van der Waals surface area contributed by atoms with Crippen molar-refractivity contribution in [3.8, 4) is 0 Å². The van der Waals surface area contributed by atoms with Gasteiger partial charge in [0.15, 0.2) is 5.60 Å². The number of aliphatic hydroxyl groups is 1. The van der Waals surface area contributed by atoms with Crippen molar-refractivity contribution in [3.05, 3.63) is 108 Å². The number of rotatable bonds is 8. The van der Waals surface area contributed by atoms with Gasteiger partial charge in [-0.15, -0.1) is 6.58 Å². The van der Waals surface area contributed by atoms with Crippen molar-refractivity contribution in [2.45, 2.75) is 62.7 Å². The fourth-order valence-corrected chi connectivity index (χ4v) is 10.3. The minimum absolute atomic E-state index is 0.121. The summed E-state index contributed by atoms with van der Waals surface area (Å²) in [5.41, 5.74) is 1.98. The highest BCUT2D eigenvalue weighted by Crippen LogP contribution is 2.60. The van der Waals surface area contributed by atoms with E-state index in [1.807, 2.05) is 37.3 Å². The normalized spacial score (nSPS) is 25.4. The lowest BCUT2D eigenvalue weighted by atomic mass is 9.82. The molecule has 1 spiro atoms. The summed E-state index contributed by atoms with van der Waals surface area (Å²) in [6.07, 6.45) is 1.16. The molecule has 0 saturated carbocycles. The number of nitrogens with one attached hydrogen (secondary N) is 1. The molecule has 0 bridgehead atoms. The Morgan fingerprint density at radius 2 is 1.80 bits per heavy atom. The first-order valence-corrected chi connectivity index (χ1v) is 18.7. The molecule has 0 aromatic heterocycles. The molecule has 0 unspecified atom stereocenters. The van der Waals surface area contributed by atoms with Crippen LogP contribution in [0.3, 0.4) is 0 Å².